The van der Waals surface area contributed by atoms with E-state index >= 15 is 0 Å². The van der Waals surface area contributed by atoms with Crippen molar-refractivity contribution in [2.75, 3.05) is 13.7 Å². The Labute approximate surface area is 80.0 Å². The van der Waals surface area contributed by atoms with Crippen LogP contribution in [0.5, 0.6) is 0 Å². The van der Waals surface area contributed by atoms with Crippen molar-refractivity contribution in [2.24, 2.45) is 11.8 Å². The van der Waals surface area contributed by atoms with Gasteiger partial charge in [-0.2, -0.15) is 0 Å². The van der Waals surface area contributed by atoms with Crippen LogP contribution >= 0.6 is 0 Å². The molecule has 0 aromatic rings. The Balaban J connectivity index is 2.59. The van der Waals surface area contributed by atoms with Gasteiger partial charge in [-0.15, -0.1) is 0 Å². The van der Waals surface area contributed by atoms with E-state index in [1.54, 1.807) is 7.11 Å². The first-order chi connectivity index (χ1) is 6.07. The Bertz CT molecular complexity index is 158. The van der Waals surface area contributed by atoms with E-state index in [0.717, 1.165) is 0 Å². The van der Waals surface area contributed by atoms with E-state index in [9.17, 15) is 5.11 Å². The lowest BCUT2D eigenvalue weighted by Gasteiger charge is -2.27. The minimum atomic E-state index is -0.462. The molecule has 13 heavy (non-hydrogen) atoms. The van der Waals surface area contributed by atoms with Gasteiger partial charge in [0, 0.05) is 7.11 Å². The lowest BCUT2D eigenvalue weighted by atomic mass is 9.89. The van der Waals surface area contributed by atoms with Gasteiger partial charge in [-0.25, -0.2) is 0 Å². The fourth-order valence-electron chi connectivity index (χ4n) is 1.74. The van der Waals surface area contributed by atoms with E-state index < -0.39 is 6.10 Å². The summed E-state index contributed by atoms with van der Waals surface area (Å²) in [6, 6.07) is 0. The molecule has 4 unspecified atom stereocenters. The zero-order valence-electron chi connectivity index (χ0n) is 8.86. The normalized spacial score (nSPS) is 36.9. The van der Waals surface area contributed by atoms with Crippen LogP contribution in [0.3, 0.4) is 0 Å². The molecule has 3 nitrogen and oxygen atoms in total. The first-order valence-electron chi connectivity index (χ1n) is 4.90. The molecular weight excluding hydrogens is 168 g/mol. The van der Waals surface area contributed by atoms with Crippen molar-refractivity contribution < 1.29 is 14.6 Å². The number of aliphatic hydroxyl groups is 1. The Hall–Kier alpha value is -0.120. The van der Waals surface area contributed by atoms with Crippen molar-refractivity contribution in [1.29, 1.82) is 0 Å². The average Bonchev–Trinajstić information content (AvgIpc) is 2.45. The summed E-state index contributed by atoms with van der Waals surface area (Å²) in [5.74, 6) is 0.968. The molecule has 1 rings (SSSR count). The highest BCUT2D eigenvalue weighted by molar-refractivity contribution is 4.88. The van der Waals surface area contributed by atoms with E-state index in [-0.39, 0.29) is 12.2 Å². The maximum Gasteiger partial charge on any atom is 0.112 e. The molecule has 0 aliphatic carbocycles. The monoisotopic (exact) mass is 188 g/mol. The molecule has 1 N–H and O–H groups in total. The van der Waals surface area contributed by atoms with E-state index in [4.69, 9.17) is 9.47 Å². The van der Waals surface area contributed by atoms with Gasteiger partial charge in [-0.1, -0.05) is 20.8 Å². The Morgan fingerprint density at radius 1 is 1.38 bits per heavy atom. The Morgan fingerprint density at radius 2 is 2.00 bits per heavy atom. The molecule has 78 valence electrons. The zero-order valence-corrected chi connectivity index (χ0v) is 8.86. The summed E-state index contributed by atoms with van der Waals surface area (Å²) in [5, 5.41) is 9.54. The molecule has 1 aliphatic heterocycles. The predicted molar refractivity (Wildman–Crippen MR) is 50.5 cm³/mol. The van der Waals surface area contributed by atoms with Crippen LogP contribution in [-0.2, 0) is 9.47 Å². The van der Waals surface area contributed by atoms with Crippen molar-refractivity contribution in [3.8, 4) is 0 Å². The fraction of sp³-hybridized carbons (Fsp3) is 1.00. The maximum atomic E-state index is 9.54. The molecular formula is C10H20O3. The number of hydrogen-bond donors (Lipinski definition) is 1. The zero-order chi connectivity index (χ0) is 10.0. The first kappa shape index (κ1) is 11.0. The van der Waals surface area contributed by atoms with Crippen LogP contribution in [0.25, 0.3) is 0 Å². The summed E-state index contributed by atoms with van der Waals surface area (Å²) in [7, 11) is 1.63. The fourth-order valence-corrected chi connectivity index (χ4v) is 1.74. The lowest BCUT2D eigenvalue weighted by Crippen LogP contribution is -2.37. The maximum absolute atomic E-state index is 9.54. The standard InChI is InChI=1S/C10H20O3/c1-6(2)7(3)9-10(12-4)8(11)5-13-9/h6-11H,5H2,1-4H3. The molecule has 0 saturated carbocycles. The molecule has 4 atom stereocenters. The van der Waals surface area contributed by atoms with E-state index in [2.05, 4.69) is 20.8 Å². The molecule has 0 aromatic heterocycles. The molecule has 0 aromatic carbocycles. The minimum absolute atomic E-state index is 0.0417. The van der Waals surface area contributed by atoms with E-state index in [1.165, 1.54) is 0 Å². The molecule has 0 bridgehead atoms. The Morgan fingerprint density at radius 3 is 2.46 bits per heavy atom. The van der Waals surface area contributed by atoms with Crippen LogP contribution in [0.15, 0.2) is 0 Å². The molecule has 0 amide bonds. The minimum Gasteiger partial charge on any atom is -0.388 e. The number of ether oxygens (including phenoxy) is 2. The highest BCUT2D eigenvalue weighted by atomic mass is 16.6. The van der Waals surface area contributed by atoms with Crippen molar-refractivity contribution in [1.82, 2.24) is 0 Å². The molecule has 1 fully saturated rings. The average molecular weight is 188 g/mol. The van der Waals surface area contributed by atoms with Crippen LogP contribution < -0.4 is 0 Å². The largest absolute Gasteiger partial charge is 0.388 e. The summed E-state index contributed by atoms with van der Waals surface area (Å²) in [4.78, 5) is 0. The van der Waals surface area contributed by atoms with Gasteiger partial charge in [0.1, 0.15) is 12.2 Å². The second kappa shape index (κ2) is 4.40. The van der Waals surface area contributed by atoms with Crippen LogP contribution in [0.4, 0.5) is 0 Å². The van der Waals surface area contributed by atoms with Crippen LogP contribution in [-0.4, -0.2) is 37.1 Å². The molecule has 0 radical (unpaired) electrons. The summed E-state index contributed by atoms with van der Waals surface area (Å²) >= 11 is 0. The SMILES string of the molecule is COC1C(O)COC1C(C)C(C)C. The van der Waals surface area contributed by atoms with Gasteiger partial charge in [0.15, 0.2) is 0 Å². The smallest absolute Gasteiger partial charge is 0.112 e. The molecule has 0 spiro atoms. The quantitative estimate of drug-likeness (QED) is 0.719. The van der Waals surface area contributed by atoms with Crippen LogP contribution in [0.2, 0.25) is 0 Å². The van der Waals surface area contributed by atoms with Gasteiger partial charge in [-0.05, 0) is 11.8 Å². The van der Waals surface area contributed by atoms with Gasteiger partial charge in [0.05, 0.1) is 12.7 Å². The molecule has 1 heterocycles. The first-order valence-corrected chi connectivity index (χ1v) is 4.90. The van der Waals surface area contributed by atoms with Gasteiger partial charge >= 0.3 is 0 Å². The topological polar surface area (TPSA) is 38.7 Å². The summed E-state index contributed by atoms with van der Waals surface area (Å²) in [5.41, 5.74) is 0. The van der Waals surface area contributed by atoms with Gasteiger partial charge in [-0.3, -0.25) is 0 Å². The van der Waals surface area contributed by atoms with Gasteiger partial charge < -0.3 is 14.6 Å². The summed E-state index contributed by atoms with van der Waals surface area (Å²) in [6.07, 6.45) is -0.575. The highest BCUT2D eigenvalue weighted by Crippen LogP contribution is 2.27. The molecule has 1 saturated heterocycles. The lowest BCUT2D eigenvalue weighted by molar-refractivity contribution is -0.0391. The third-order valence-electron chi connectivity index (χ3n) is 3.00. The summed E-state index contributed by atoms with van der Waals surface area (Å²) < 4.78 is 10.7. The molecule has 3 heteroatoms. The number of aliphatic hydroxyl groups excluding tert-OH is 1. The second-order valence-corrected chi connectivity index (χ2v) is 4.17. The van der Waals surface area contributed by atoms with Gasteiger partial charge in [0.25, 0.3) is 0 Å². The van der Waals surface area contributed by atoms with Crippen LogP contribution in [0.1, 0.15) is 20.8 Å². The third-order valence-corrected chi connectivity index (χ3v) is 3.00. The van der Waals surface area contributed by atoms with Crippen molar-refractivity contribution in [3.05, 3.63) is 0 Å². The summed E-state index contributed by atoms with van der Waals surface area (Å²) in [6.45, 7) is 6.86. The highest BCUT2D eigenvalue weighted by Gasteiger charge is 2.40. The number of hydrogen-bond acceptors (Lipinski definition) is 3. The van der Waals surface area contributed by atoms with Gasteiger partial charge in [0.2, 0.25) is 0 Å². The number of methoxy groups -OCH3 is 1. The third kappa shape index (κ3) is 2.22. The van der Waals surface area contributed by atoms with Crippen molar-refractivity contribution >= 4 is 0 Å². The Kier molecular flexibility index (Phi) is 3.71. The second-order valence-electron chi connectivity index (χ2n) is 4.17. The van der Waals surface area contributed by atoms with E-state index in [1.807, 2.05) is 0 Å². The van der Waals surface area contributed by atoms with E-state index in [0.29, 0.717) is 18.4 Å². The van der Waals surface area contributed by atoms with Crippen LogP contribution in [0, 0.1) is 11.8 Å². The number of rotatable bonds is 3. The van der Waals surface area contributed by atoms with Crippen molar-refractivity contribution in [3.63, 3.8) is 0 Å². The van der Waals surface area contributed by atoms with Crippen molar-refractivity contribution in [2.45, 2.75) is 39.1 Å². The molecule has 1 aliphatic rings. The predicted octanol–water partition coefficient (Wildman–Crippen LogP) is 1.05.